The monoisotopic (exact) mass is 195 g/mol. The molecule has 0 saturated heterocycles. The van der Waals surface area contributed by atoms with Crippen molar-refractivity contribution in [2.75, 3.05) is 6.61 Å². The average molecular weight is 195 g/mol. The second-order valence-electron chi connectivity index (χ2n) is 2.84. The Morgan fingerprint density at radius 2 is 2.21 bits per heavy atom. The summed E-state index contributed by atoms with van der Waals surface area (Å²) in [6.07, 6.45) is 3.36. The largest absolute Gasteiger partial charge is 0.466 e. The number of hydrogen-bond donors (Lipinski definition) is 1. The first kappa shape index (κ1) is 10.7. The third-order valence-corrected chi connectivity index (χ3v) is 1.69. The van der Waals surface area contributed by atoms with Crippen LogP contribution in [0.4, 0.5) is 0 Å². The van der Waals surface area contributed by atoms with Gasteiger partial charge in [-0.2, -0.15) is 0 Å². The van der Waals surface area contributed by atoms with Gasteiger partial charge in [0, 0.05) is 12.4 Å². The van der Waals surface area contributed by atoms with Crippen molar-refractivity contribution in [2.45, 2.75) is 20.0 Å². The molecule has 0 atom stereocenters. The minimum atomic E-state index is -0.274. The molecule has 4 heteroatoms. The topological polar surface area (TPSA) is 59.4 Å². The maximum absolute atomic E-state index is 11.1. The first-order valence-corrected chi connectivity index (χ1v) is 4.45. The van der Waals surface area contributed by atoms with Crippen LogP contribution in [0.15, 0.2) is 18.5 Å². The highest BCUT2D eigenvalue weighted by Crippen LogP contribution is 2.04. The van der Waals surface area contributed by atoms with Gasteiger partial charge in [-0.25, -0.2) is 0 Å². The molecular formula is C10H13NO3. The summed E-state index contributed by atoms with van der Waals surface area (Å²) < 4.78 is 4.79. The molecule has 0 aliphatic heterocycles. The van der Waals surface area contributed by atoms with Gasteiger partial charge in [-0.1, -0.05) is 0 Å². The van der Waals surface area contributed by atoms with Crippen molar-refractivity contribution in [3.63, 3.8) is 0 Å². The number of ether oxygens (including phenoxy) is 1. The summed E-state index contributed by atoms with van der Waals surface area (Å²) in [6.45, 7) is 2.08. The van der Waals surface area contributed by atoms with Crippen LogP contribution in [0.5, 0.6) is 0 Å². The smallest absolute Gasteiger partial charge is 0.310 e. The number of aliphatic hydroxyl groups excluding tert-OH is 1. The van der Waals surface area contributed by atoms with E-state index in [9.17, 15) is 4.79 Å². The summed E-state index contributed by atoms with van der Waals surface area (Å²) in [5.41, 5.74) is 1.46. The van der Waals surface area contributed by atoms with Gasteiger partial charge in [-0.05, 0) is 24.1 Å². The van der Waals surface area contributed by atoms with Crippen molar-refractivity contribution in [1.29, 1.82) is 0 Å². The number of pyridine rings is 1. The van der Waals surface area contributed by atoms with Gasteiger partial charge in [0.05, 0.1) is 19.6 Å². The summed E-state index contributed by atoms with van der Waals surface area (Å²) in [5.74, 6) is -0.274. The number of nitrogens with zero attached hydrogens (tertiary/aromatic N) is 1. The van der Waals surface area contributed by atoms with E-state index < -0.39 is 0 Å². The molecule has 14 heavy (non-hydrogen) atoms. The molecule has 0 unspecified atom stereocenters. The molecule has 1 rings (SSSR count). The van der Waals surface area contributed by atoms with E-state index in [4.69, 9.17) is 9.84 Å². The molecule has 1 aromatic heterocycles. The number of carbonyl (C=O) groups excluding carboxylic acids is 1. The van der Waals surface area contributed by atoms with E-state index in [1.54, 1.807) is 25.4 Å². The Balaban J connectivity index is 2.62. The molecule has 0 amide bonds. The van der Waals surface area contributed by atoms with Crippen LogP contribution in [0.2, 0.25) is 0 Å². The number of aromatic nitrogens is 1. The second-order valence-corrected chi connectivity index (χ2v) is 2.84. The molecule has 0 aliphatic rings. The third kappa shape index (κ3) is 3.14. The number of aliphatic hydroxyl groups is 1. The van der Waals surface area contributed by atoms with Gasteiger partial charge in [0.25, 0.3) is 0 Å². The van der Waals surface area contributed by atoms with E-state index in [1.807, 2.05) is 0 Å². The van der Waals surface area contributed by atoms with E-state index in [0.29, 0.717) is 12.2 Å². The van der Waals surface area contributed by atoms with Crippen molar-refractivity contribution in [1.82, 2.24) is 4.98 Å². The molecule has 0 saturated carbocycles. The quantitative estimate of drug-likeness (QED) is 0.718. The highest BCUT2D eigenvalue weighted by Gasteiger charge is 2.04. The zero-order valence-electron chi connectivity index (χ0n) is 8.06. The van der Waals surface area contributed by atoms with Crippen LogP contribution in [0.25, 0.3) is 0 Å². The lowest BCUT2D eigenvalue weighted by molar-refractivity contribution is -0.142. The van der Waals surface area contributed by atoms with E-state index in [0.717, 1.165) is 5.56 Å². The fourth-order valence-electron chi connectivity index (χ4n) is 1.10. The van der Waals surface area contributed by atoms with Crippen LogP contribution in [0.1, 0.15) is 18.1 Å². The fourth-order valence-corrected chi connectivity index (χ4v) is 1.10. The van der Waals surface area contributed by atoms with Crippen LogP contribution in [-0.4, -0.2) is 22.7 Å². The van der Waals surface area contributed by atoms with Gasteiger partial charge in [-0.3, -0.25) is 9.78 Å². The Labute approximate surface area is 82.5 Å². The van der Waals surface area contributed by atoms with Gasteiger partial charge in [0.2, 0.25) is 0 Å². The first-order valence-electron chi connectivity index (χ1n) is 4.45. The molecular weight excluding hydrogens is 182 g/mol. The Morgan fingerprint density at radius 3 is 2.86 bits per heavy atom. The predicted molar refractivity (Wildman–Crippen MR) is 50.5 cm³/mol. The summed E-state index contributed by atoms with van der Waals surface area (Å²) in [6, 6.07) is 1.74. The lowest BCUT2D eigenvalue weighted by atomic mass is 10.1. The molecule has 0 bridgehead atoms. The Bertz CT molecular complexity index is 312. The van der Waals surface area contributed by atoms with Crippen molar-refractivity contribution in [3.8, 4) is 0 Å². The van der Waals surface area contributed by atoms with Gasteiger partial charge < -0.3 is 9.84 Å². The van der Waals surface area contributed by atoms with E-state index >= 15 is 0 Å². The van der Waals surface area contributed by atoms with Crippen molar-refractivity contribution in [3.05, 3.63) is 29.6 Å². The molecule has 0 aromatic carbocycles. The van der Waals surface area contributed by atoms with Crippen molar-refractivity contribution >= 4 is 5.97 Å². The summed E-state index contributed by atoms with van der Waals surface area (Å²) in [7, 11) is 0. The second kappa shape index (κ2) is 5.34. The van der Waals surface area contributed by atoms with Gasteiger partial charge >= 0.3 is 5.97 Å². The molecule has 0 radical (unpaired) electrons. The third-order valence-electron chi connectivity index (χ3n) is 1.69. The Morgan fingerprint density at radius 1 is 1.50 bits per heavy atom. The van der Waals surface area contributed by atoms with Crippen LogP contribution >= 0.6 is 0 Å². The van der Waals surface area contributed by atoms with Gasteiger partial charge in [0.1, 0.15) is 0 Å². The van der Waals surface area contributed by atoms with Crippen LogP contribution in [0.3, 0.4) is 0 Å². The molecule has 0 aliphatic carbocycles. The lowest BCUT2D eigenvalue weighted by Crippen LogP contribution is -2.07. The van der Waals surface area contributed by atoms with Crippen molar-refractivity contribution < 1.29 is 14.6 Å². The van der Waals surface area contributed by atoms with Crippen LogP contribution < -0.4 is 0 Å². The average Bonchev–Trinajstić information content (AvgIpc) is 2.18. The molecule has 76 valence electrons. The normalized spacial score (nSPS) is 9.86. The minimum Gasteiger partial charge on any atom is -0.466 e. The van der Waals surface area contributed by atoms with Gasteiger partial charge in [-0.15, -0.1) is 0 Å². The van der Waals surface area contributed by atoms with E-state index in [1.165, 1.54) is 0 Å². The standard InChI is InChI=1S/C10H13NO3/c1-2-14-10(13)4-8-3-9(7-12)6-11-5-8/h3,5-6,12H,2,4,7H2,1H3. The zero-order chi connectivity index (χ0) is 10.4. The van der Waals surface area contributed by atoms with E-state index in [-0.39, 0.29) is 19.0 Å². The number of carbonyl (C=O) groups is 1. The minimum absolute atomic E-state index is 0.0658. The highest BCUT2D eigenvalue weighted by molar-refractivity contribution is 5.72. The van der Waals surface area contributed by atoms with Gasteiger partial charge in [0.15, 0.2) is 0 Å². The Kier molecular flexibility index (Phi) is 4.07. The first-order chi connectivity index (χ1) is 6.76. The van der Waals surface area contributed by atoms with Crippen molar-refractivity contribution in [2.24, 2.45) is 0 Å². The number of esters is 1. The summed E-state index contributed by atoms with van der Waals surface area (Å²) in [4.78, 5) is 15.0. The van der Waals surface area contributed by atoms with E-state index in [2.05, 4.69) is 4.98 Å². The molecule has 1 heterocycles. The van der Waals surface area contributed by atoms with Crippen LogP contribution in [0, 0.1) is 0 Å². The summed E-state index contributed by atoms with van der Waals surface area (Å²) in [5, 5.41) is 8.84. The molecule has 1 N–H and O–H groups in total. The number of hydrogen-bond acceptors (Lipinski definition) is 4. The zero-order valence-corrected chi connectivity index (χ0v) is 8.06. The molecule has 4 nitrogen and oxygen atoms in total. The fraction of sp³-hybridized carbons (Fsp3) is 0.400. The maximum Gasteiger partial charge on any atom is 0.310 e. The molecule has 0 spiro atoms. The maximum atomic E-state index is 11.1. The number of rotatable bonds is 4. The summed E-state index contributed by atoms with van der Waals surface area (Å²) >= 11 is 0. The SMILES string of the molecule is CCOC(=O)Cc1cncc(CO)c1. The molecule has 1 aromatic rings. The predicted octanol–water partition coefficient (Wildman–Crippen LogP) is 0.680. The lowest BCUT2D eigenvalue weighted by Gasteiger charge is -2.02. The Hall–Kier alpha value is -1.42. The molecule has 0 fully saturated rings. The highest BCUT2D eigenvalue weighted by atomic mass is 16.5. The van der Waals surface area contributed by atoms with Crippen LogP contribution in [-0.2, 0) is 22.6 Å².